The molecule has 0 saturated heterocycles. The molecule has 1 aromatic carbocycles. The number of hydrogen-bond acceptors (Lipinski definition) is 2. The van der Waals surface area contributed by atoms with Gasteiger partial charge in [0, 0.05) is 37.2 Å². The van der Waals surface area contributed by atoms with Crippen LogP contribution in [0.1, 0.15) is 45.4 Å². The van der Waals surface area contributed by atoms with Crippen LogP contribution >= 0.6 is 0 Å². The lowest BCUT2D eigenvalue weighted by atomic mass is 10.2. The summed E-state index contributed by atoms with van der Waals surface area (Å²) < 4.78 is 2.02. The lowest BCUT2D eigenvalue weighted by Crippen LogP contribution is -2.48. The molecular formula is C24H36N4O2. The fourth-order valence-corrected chi connectivity index (χ4v) is 3.28. The van der Waals surface area contributed by atoms with Crippen LogP contribution in [0.5, 0.6) is 0 Å². The maximum absolute atomic E-state index is 13.2. The Morgan fingerprint density at radius 1 is 1.10 bits per heavy atom. The molecule has 3 amide bonds. The summed E-state index contributed by atoms with van der Waals surface area (Å²) in [5, 5.41) is 2.94. The Morgan fingerprint density at radius 3 is 2.30 bits per heavy atom. The smallest absolute Gasteiger partial charge is 0.322 e. The molecule has 1 heterocycles. The van der Waals surface area contributed by atoms with Crippen LogP contribution in [0, 0.1) is 12.8 Å². The van der Waals surface area contributed by atoms with Crippen LogP contribution in [-0.4, -0.2) is 45.4 Å². The van der Waals surface area contributed by atoms with E-state index in [1.54, 1.807) is 4.90 Å². The lowest BCUT2D eigenvalue weighted by molar-refractivity contribution is -0.133. The van der Waals surface area contributed by atoms with E-state index < -0.39 is 0 Å². The molecule has 2 rings (SSSR count). The number of carbonyl (C=O) groups is 2. The van der Waals surface area contributed by atoms with Gasteiger partial charge in [-0.15, -0.1) is 0 Å². The monoisotopic (exact) mass is 412 g/mol. The first-order chi connectivity index (χ1) is 14.2. The molecule has 0 bridgehead atoms. The molecule has 1 aromatic heterocycles. The van der Waals surface area contributed by atoms with Crippen LogP contribution < -0.4 is 5.32 Å². The number of benzene rings is 1. The predicted octanol–water partition coefficient (Wildman–Crippen LogP) is 4.65. The zero-order valence-electron chi connectivity index (χ0n) is 19.2. The maximum atomic E-state index is 13.2. The van der Waals surface area contributed by atoms with Crippen LogP contribution in [0.25, 0.3) is 0 Å². The van der Waals surface area contributed by atoms with E-state index in [-0.39, 0.29) is 24.5 Å². The molecular weight excluding hydrogens is 376 g/mol. The van der Waals surface area contributed by atoms with E-state index in [0.717, 1.165) is 23.4 Å². The molecule has 6 heteroatoms. The van der Waals surface area contributed by atoms with Gasteiger partial charge in [-0.1, -0.05) is 38.5 Å². The Balaban J connectivity index is 2.15. The standard InChI is InChI=1S/C24H36N4O2/c1-7-20(5)28(24(30)25-21-12-10-19(4)11-13-21)17-23(29)27(15-18(2)3)16-22-9-8-14-26(22)6/h8-14,18,20H,7,15-17H2,1-6H3,(H,25,30). The largest absolute Gasteiger partial charge is 0.353 e. The SMILES string of the molecule is CCC(C)N(CC(=O)N(Cc1cccn1C)CC(C)C)C(=O)Nc1ccc(C)cc1. The maximum Gasteiger partial charge on any atom is 0.322 e. The first kappa shape index (κ1) is 23.5. The molecule has 0 aliphatic heterocycles. The predicted molar refractivity (Wildman–Crippen MR) is 122 cm³/mol. The normalized spacial score (nSPS) is 12.0. The highest BCUT2D eigenvalue weighted by Gasteiger charge is 2.25. The van der Waals surface area contributed by atoms with Crippen molar-refractivity contribution in [3.8, 4) is 0 Å². The Kier molecular flexibility index (Phi) is 8.51. The summed E-state index contributed by atoms with van der Waals surface area (Å²) in [6.45, 7) is 11.5. The second kappa shape index (κ2) is 10.9. The van der Waals surface area contributed by atoms with Crippen LogP contribution in [0.2, 0.25) is 0 Å². The fraction of sp³-hybridized carbons (Fsp3) is 0.500. The second-order valence-corrected chi connectivity index (χ2v) is 8.46. The zero-order valence-corrected chi connectivity index (χ0v) is 19.2. The molecule has 1 atom stereocenters. The quantitative estimate of drug-likeness (QED) is 0.652. The molecule has 1 unspecified atom stereocenters. The lowest BCUT2D eigenvalue weighted by Gasteiger charge is -2.32. The van der Waals surface area contributed by atoms with Crippen LogP contribution in [0.3, 0.4) is 0 Å². The number of rotatable bonds is 9. The number of urea groups is 1. The number of anilines is 1. The van der Waals surface area contributed by atoms with Crippen molar-refractivity contribution in [2.24, 2.45) is 13.0 Å². The van der Waals surface area contributed by atoms with E-state index in [0.29, 0.717) is 19.0 Å². The van der Waals surface area contributed by atoms with Crippen LogP contribution in [0.15, 0.2) is 42.6 Å². The van der Waals surface area contributed by atoms with Gasteiger partial charge in [0.1, 0.15) is 6.54 Å². The summed E-state index contributed by atoms with van der Waals surface area (Å²) >= 11 is 0. The molecule has 0 aliphatic rings. The van der Waals surface area contributed by atoms with Gasteiger partial charge in [0.05, 0.1) is 6.54 Å². The first-order valence-corrected chi connectivity index (χ1v) is 10.7. The van der Waals surface area contributed by atoms with Gasteiger partial charge < -0.3 is 19.7 Å². The number of aromatic nitrogens is 1. The summed E-state index contributed by atoms with van der Waals surface area (Å²) in [5.41, 5.74) is 2.93. The Bertz CT molecular complexity index is 826. The van der Waals surface area contributed by atoms with Crippen molar-refractivity contribution in [3.05, 3.63) is 53.9 Å². The number of hydrogen-bond donors (Lipinski definition) is 1. The molecule has 0 radical (unpaired) electrons. The highest BCUT2D eigenvalue weighted by Crippen LogP contribution is 2.14. The molecule has 2 aromatic rings. The van der Waals surface area contributed by atoms with Gasteiger partial charge in [-0.2, -0.15) is 0 Å². The van der Waals surface area contributed by atoms with E-state index >= 15 is 0 Å². The number of nitrogens with one attached hydrogen (secondary N) is 1. The third-order valence-electron chi connectivity index (χ3n) is 5.33. The average Bonchev–Trinajstić information content (AvgIpc) is 3.10. The van der Waals surface area contributed by atoms with Gasteiger partial charge in [-0.05, 0) is 50.5 Å². The zero-order chi connectivity index (χ0) is 22.3. The van der Waals surface area contributed by atoms with E-state index in [1.165, 1.54) is 0 Å². The number of carbonyl (C=O) groups excluding carboxylic acids is 2. The Morgan fingerprint density at radius 2 is 1.77 bits per heavy atom. The molecule has 1 N–H and O–H groups in total. The van der Waals surface area contributed by atoms with Crippen molar-refractivity contribution in [2.45, 2.75) is 53.6 Å². The minimum absolute atomic E-state index is 0.0377. The Hall–Kier alpha value is -2.76. The fourth-order valence-electron chi connectivity index (χ4n) is 3.28. The van der Waals surface area contributed by atoms with Crippen LogP contribution in [-0.2, 0) is 18.4 Å². The molecule has 6 nitrogen and oxygen atoms in total. The molecule has 0 fully saturated rings. The Labute approximate surface area is 180 Å². The highest BCUT2D eigenvalue weighted by molar-refractivity contribution is 5.92. The molecule has 164 valence electrons. The molecule has 30 heavy (non-hydrogen) atoms. The van der Waals surface area contributed by atoms with Crippen molar-refractivity contribution < 1.29 is 9.59 Å². The summed E-state index contributed by atoms with van der Waals surface area (Å²) in [4.78, 5) is 29.7. The van der Waals surface area contributed by atoms with Crippen molar-refractivity contribution in [1.82, 2.24) is 14.4 Å². The van der Waals surface area contributed by atoms with Crippen molar-refractivity contribution in [1.29, 1.82) is 0 Å². The number of aryl methyl sites for hydroxylation is 2. The average molecular weight is 413 g/mol. The van der Waals surface area contributed by atoms with Crippen molar-refractivity contribution in [2.75, 3.05) is 18.4 Å². The third-order valence-corrected chi connectivity index (χ3v) is 5.33. The van der Waals surface area contributed by atoms with Gasteiger partial charge in [0.15, 0.2) is 0 Å². The molecule has 0 spiro atoms. The number of amides is 3. The minimum atomic E-state index is -0.245. The molecule has 0 aliphatic carbocycles. The minimum Gasteiger partial charge on any atom is -0.353 e. The molecule has 0 saturated carbocycles. The van der Waals surface area contributed by atoms with E-state index in [4.69, 9.17) is 0 Å². The summed E-state index contributed by atoms with van der Waals surface area (Å²) in [7, 11) is 1.98. The van der Waals surface area contributed by atoms with Gasteiger partial charge in [0.25, 0.3) is 0 Å². The van der Waals surface area contributed by atoms with Crippen molar-refractivity contribution >= 4 is 17.6 Å². The summed E-state index contributed by atoms with van der Waals surface area (Å²) in [6.07, 6.45) is 2.75. The topological polar surface area (TPSA) is 57.6 Å². The summed E-state index contributed by atoms with van der Waals surface area (Å²) in [6, 6.07) is 11.4. The van der Waals surface area contributed by atoms with Gasteiger partial charge in [-0.3, -0.25) is 4.79 Å². The van der Waals surface area contributed by atoms with Crippen LogP contribution in [0.4, 0.5) is 10.5 Å². The van der Waals surface area contributed by atoms with E-state index in [2.05, 4.69) is 19.2 Å². The van der Waals surface area contributed by atoms with E-state index in [9.17, 15) is 9.59 Å². The third kappa shape index (κ3) is 6.65. The van der Waals surface area contributed by atoms with E-state index in [1.807, 2.05) is 79.9 Å². The first-order valence-electron chi connectivity index (χ1n) is 10.7. The van der Waals surface area contributed by atoms with Gasteiger partial charge >= 0.3 is 6.03 Å². The summed E-state index contributed by atoms with van der Waals surface area (Å²) in [5.74, 6) is 0.303. The van der Waals surface area contributed by atoms with Gasteiger partial charge in [0.2, 0.25) is 5.91 Å². The van der Waals surface area contributed by atoms with Gasteiger partial charge in [-0.25, -0.2) is 4.79 Å². The number of nitrogens with zero attached hydrogens (tertiary/aromatic N) is 3. The van der Waals surface area contributed by atoms with Crippen molar-refractivity contribution in [3.63, 3.8) is 0 Å². The highest BCUT2D eigenvalue weighted by atomic mass is 16.2. The second-order valence-electron chi connectivity index (χ2n) is 8.46.